The predicted molar refractivity (Wildman–Crippen MR) is 103 cm³/mol. The smallest absolute Gasteiger partial charge is 0.245 e. The van der Waals surface area contributed by atoms with Crippen molar-refractivity contribution in [1.29, 1.82) is 0 Å². The van der Waals surface area contributed by atoms with Crippen LogP contribution in [0.2, 0.25) is 0 Å². The molecule has 0 aliphatic carbocycles. The molecule has 1 amide bonds. The maximum absolute atomic E-state index is 13.9. The predicted octanol–water partition coefficient (Wildman–Crippen LogP) is 2.55. The van der Waals surface area contributed by atoms with Gasteiger partial charge in [0.25, 0.3) is 0 Å². The van der Waals surface area contributed by atoms with Crippen molar-refractivity contribution in [3.8, 4) is 5.75 Å². The van der Waals surface area contributed by atoms with Gasteiger partial charge in [0.15, 0.2) is 0 Å². The highest BCUT2D eigenvalue weighted by Gasteiger charge is 2.33. The number of ether oxygens (including phenoxy) is 1. The second kappa shape index (κ2) is 8.70. The van der Waals surface area contributed by atoms with E-state index in [4.69, 9.17) is 4.74 Å². The normalized spacial score (nSPS) is 15.9. The zero-order valence-corrected chi connectivity index (χ0v) is 16.4. The first-order chi connectivity index (χ1) is 13.4. The molecule has 1 aliphatic rings. The fourth-order valence-electron chi connectivity index (χ4n) is 3.33. The van der Waals surface area contributed by atoms with Crippen LogP contribution in [0.3, 0.4) is 0 Å². The number of nitrogens with one attached hydrogen (secondary N) is 1. The van der Waals surface area contributed by atoms with E-state index in [9.17, 15) is 17.6 Å². The van der Waals surface area contributed by atoms with Crippen LogP contribution in [0.15, 0.2) is 53.4 Å². The first-order valence-corrected chi connectivity index (χ1v) is 10.5. The molecular weight excluding hydrogens is 383 g/mol. The highest BCUT2D eigenvalue weighted by molar-refractivity contribution is 7.89. The third-order valence-electron chi connectivity index (χ3n) is 4.92. The molecule has 1 aliphatic heterocycles. The van der Waals surface area contributed by atoms with Gasteiger partial charge in [-0.2, -0.15) is 4.31 Å². The van der Waals surface area contributed by atoms with Crippen molar-refractivity contribution in [1.82, 2.24) is 9.62 Å². The van der Waals surface area contributed by atoms with Crippen molar-refractivity contribution < 1.29 is 22.3 Å². The summed E-state index contributed by atoms with van der Waals surface area (Å²) in [6.45, 7) is 0.712. The Morgan fingerprint density at radius 1 is 1.14 bits per heavy atom. The number of hydrogen-bond acceptors (Lipinski definition) is 4. The van der Waals surface area contributed by atoms with Crippen LogP contribution >= 0.6 is 0 Å². The molecule has 2 aromatic carbocycles. The Labute approximate surface area is 164 Å². The second-order valence-electron chi connectivity index (χ2n) is 6.64. The quantitative estimate of drug-likeness (QED) is 0.800. The van der Waals surface area contributed by atoms with Gasteiger partial charge in [-0.15, -0.1) is 0 Å². The highest BCUT2D eigenvalue weighted by atomic mass is 32.2. The van der Waals surface area contributed by atoms with Gasteiger partial charge in [-0.05, 0) is 31.0 Å². The van der Waals surface area contributed by atoms with Gasteiger partial charge in [0.1, 0.15) is 16.5 Å². The number of carbonyl (C=O) groups excluding carboxylic acids is 1. The Kier molecular flexibility index (Phi) is 6.31. The molecule has 2 aromatic rings. The Morgan fingerprint density at radius 2 is 1.79 bits per heavy atom. The summed E-state index contributed by atoms with van der Waals surface area (Å²) < 4.78 is 45.7. The summed E-state index contributed by atoms with van der Waals surface area (Å²) >= 11 is 0. The van der Waals surface area contributed by atoms with E-state index in [0.29, 0.717) is 25.1 Å². The Hall–Kier alpha value is -2.45. The number of para-hydroxylation sites is 1. The Morgan fingerprint density at radius 3 is 2.46 bits per heavy atom. The lowest BCUT2D eigenvalue weighted by atomic mass is 9.97. The van der Waals surface area contributed by atoms with Crippen LogP contribution in [0, 0.1) is 11.7 Å². The van der Waals surface area contributed by atoms with Crippen molar-refractivity contribution in [2.45, 2.75) is 24.3 Å². The number of carbonyl (C=O) groups is 1. The Balaban J connectivity index is 1.58. The minimum atomic E-state index is -3.90. The van der Waals surface area contributed by atoms with E-state index >= 15 is 0 Å². The van der Waals surface area contributed by atoms with Crippen molar-refractivity contribution in [2.24, 2.45) is 5.92 Å². The first kappa shape index (κ1) is 20.3. The average molecular weight is 406 g/mol. The van der Waals surface area contributed by atoms with Crippen molar-refractivity contribution in [2.75, 3.05) is 20.2 Å². The van der Waals surface area contributed by atoms with Crippen LogP contribution < -0.4 is 10.1 Å². The highest BCUT2D eigenvalue weighted by Crippen LogP contribution is 2.25. The van der Waals surface area contributed by atoms with E-state index in [1.54, 1.807) is 7.11 Å². The van der Waals surface area contributed by atoms with E-state index in [-0.39, 0.29) is 29.8 Å². The zero-order chi connectivity index (χ0) is 20.1. The molecular formula is C20H23FN2O4S. The van der Waals surface area contributed by atoms with Gasteiger partial charge >= 0.3 is 0 Å². The zero-order valence-electron chi connectivity index (χ0n) is 15.6. The van der Waals surface area contributed by atoms with E-state index in [2.05, 4.69) is 5.32 Å². The molecule has 1 heterocycles. The molecule has 0 radical (unpaired) electrons. The summed E-state index contributed by atoms with van der Waals surface area (Å²) in [6, 6.07) is 12.8. The van der Waals surface area contributed by atoms with E-state index in [1.165, 1.54) is 22.5 Å². The van der Waals surface area contributed by atoms with Crippen LogP contribution in [0.4, 0.5) is 4.39 Å². The van der Waals surface area contributed by atoms with Crippen molar-refractivity contribution in [3.05, 3.63) is 59.9 Å². The summed E-state index contributed by atoms with van der Waals surface area (Å²) in [5.74, 6) is -0.455. The second-order valence-corrected chi connectivity index (χ2v) is 8.54. The van der Waals surface area contributed by atoms with Gasteiger partial charge in [-0.3, -0.25) is 4.79 Å². The molecule has 0 bridgehead atoms. The number of nitrogens with zero attached hydrogens (tertiary/aromatic N) is 1. The monoisotopic (exact) mass is 406 g/mol. The van der Waals surface area contributed by atoms with Crippen molar-refractivity contribution >= 4 is 15.9 Å². The van der Waals surface area contributed by atoms with Crippen LogP contribution in [0.5, 0.6) is 5.75 Å². The van der Waals surface area contributed by atoms with Crippen LogP contribution in [-0.2, 0) is 21.4 Å². The summed E-state index contributed by atoms with van der Waals surface area (Å²) in [5, 5.41) is 2.89. The minimum Gasteiger partial charge on any atom is -0.496 e. The third-order valence-corrected chi connectivity index (χ3v) is 6.86. The number of amides is 1. The summed E-state index contributed by atoms with van der Waals surface area (Å²) in [4.78, 5) is 12.1. The molecule has 0 spiro atoms. The number of hydrogen-bond donors (Lipinski definition) is 1. The summed E-state index contributed by atoms with van der Waals surface area (Å²) in [6.07, 6.45) is 0.789. The van der Waals surface area contributed by atoms with Gasteiger partial charge in [-0.1, -0.05) is 30.3 Å². The molecule has 28 heavy (non-hydrogen) atoms. The molecule has 3 rings (SSSR count). The van der Waals surface area contributed by atoms with E-state index < -0.39 is 15.8 Å². The number of piperidine rings is 1. The lowest BCUT2D eigenvalue weighted by Crippen LogP contribution is -2.43. The summed E-state index contributed by atoms with van der Waals surface area (Å²) in [5.41, 5.74) is 0.873. The number of benzene rings is 2. The maximum Gasteiger partial charge on any atom is 0.245 e. The van der Waals surface area contributed by atoms with Crippen LogP contribution in [-0.4, -0.2) is 38.8 Å². The van der Waals surface area contributed by atoms with Gasteiger partial charge in [0, 0.05) is 31.1 Å². The fraction of sp³-hybridized carbons (Fsp3) is 0.350. The van der Waals surface area contributed by atoms with Gasteiger partial charge < -0.3 is 10.1 Å². The SMILES string of the molecule is COc1ccccc1CNC(=O)C1CCN(S(=O)(=O)c2ccccc2F)CC1. The Bertz CT molecular complexity index is 941. The topological polar surface area (TPSA) is 75.7 Å². The minimum absolute atomic E-state index is 0.117. The molecule has 1 N–H and O–H groups in total. The molecule has 1 saturated heterocycles. The largest absolute Gasteiger partial charge is 0.496 e. The first-order valence-electron chi connectivity index (χ1n) is 9.07. The number of halogens is 1. The fourth-order valence-corrected chi connectivity index (χ4v) is 4.86. The molecule has 1 fully saturated rings. The summed E-state index contributed by atoms with van der Waals surface area (Å²) in [7, 11) is -2.32. The molecule has 0 saturated carbocycles. The van der Waals surface area contributed by atoms with E-state index in [0.717, 1.165) is 11.6 Å². The van der Waals surface area contributed by atoms with E-state index in [1.807, 2.05) is 24.3 Å². The third kappa shape index (κ3) is 4.34. The van der Waals surface area contributed by atoms with Crippen molar-refractivity contribution in [3.63, 3.8) is 0 Å². The van der Waals surface area contributed by atoms with Crippen LogP contribution in [0.1, 0.15) is 18.4 Å². The molecule has 150 valence electrons. The lowest BCUT2D eigenvalue weighted by Gasteiger charge is -2.30. The molecule has 6 nitrogen and oxygen atoms in total. The molecule has 0 atom stereocenters. The average Bonchev–Trinajstić information content (AvgIpc) is 2.72. The van der Waals surface area contributed by atoms with Crippen LogP contribution in [0.25, 0.3) is 0 Å². The number of rotatable bonds is 6. The van der Waals surface area contributed by atoms with Gasteiger partial charge in [0.2, 0.25) is 15.9 Å². The van der Waals surface area contributed by atoms with Gasteiger partial charge in [-0.25, -0.2) is 12.8 Å². The molecule has 8 heteroatoms. The maximum atomic E-state index is 13.9. The number of sulfonamides is 1. The lowest BCUT2D eigenvalue weighted by molar-refractivity contribution is -0.126. The number of methoxy groups -OCH3 is 1. The molecule has 0 unspecified atom stereocenters. The standard InChI is InChI=1S/C20H23FN2O4S/c1-27-18-8-4-2-6-16(18)14-22-20(24)15-10-12-23(13-11-15)28(25,26)19-9-5-3-7-17(19)21/h2-9,15H,10-14H2,1H3,(H,22,24). The van der Waals surface area contributed by atoms with Gasteiger partial charge in [0.05, 0.1) is 7.11 Å². The molecule has 0 aromatic heterocycles.